The zero-order chi connectivity index (χ0) is 16.9. The number of nitrogens with zero attached hydrogens (tertiary/aromatic N) is 2. The highest BCUT2D eigenvalue weighted by molar-refractivity contribution is 5.90. The van der Waals surface area contributed by atoms with Gasteiger partial charge in [-0.15, -0.1) is 0 Å². The van der Waals surface area contributed by atoms with Gasteiger partial charge in [0.2, 0.25) is 5.82 Å². The topological polar surface area (TPSA) is 82.3 Å². The van der Waals surface area contributed by atoms with E-state index in [-0.39, 0.29) is 24.1 Å². The van der Waals surface area contributed by atoms with Crippen molar-refractivity contribution in [2.24, 2.45) is 0 Å². The van der Waals surface area contributed by atoms with Crippen LogP contribution in [0.15, 0.2) is 53.1 Å². The fourth-order valence-electron chi connectivity index (χ4n) is 1.94. The highest BCUT2D eigenvalue weighted by Crippen LogP contribution is 2.16. The van der Waals surface area contributed by atoms with Crippen molar-refractivity contribution in [2.45, 2.75) is 6.61 Å². The number of benzene rings is 2. The van der Waals surface area contributed by atoms with Gasteiger partial charge < -0.3 is 9.26 Å². The van der Waals surface area contributed by atoms with Crippen LogP contribution in [0.2, 0.25) is 0 Å². The molecule has 3 rings (SSSR count). The third-order valence-electron chi connectivity index (χ3n) is 3.18. The van der Waals surface area contributed by atoms with Crippen molar-refractivity contribution in [2.75, 3.05) is 0 Å². The minimum atomic E-state index is -0.575. The molecular weight excluding hydrogens is 315 g/mol. The Kier molecular flexibility index (Phi) is 4.42. The minimum absolute atomic E-state index is 0.118. The maximum Gasteiger partial charge on any atom is 0.338 e. The summed E-state index contributed by atoms with van der Waals surface area (Å²) in [7, 11) is 0. The molecule has 0 bridgehead atoms. The van der Waals surface area contributed by atoms with Gasteiger partial charge in [0.05, 0.1) is 5.56 Å². The van der Waals surface area contributed by atoms with Crippen LogP contribution in [0.4, 0.5) is 4.39 Å². The predicted molar refractivity (Wildman–Crippen MR) is 80.6 cm³/mol. The van der Waals surface area contributed by atoms with E-state index in [9.17, 15) is 14.0 Å². The normalized spacial score (nSPS) is 10.4. The molecule has 6 nitrogen and oxygen atoms in total. The lowest BCUT2D eigenvalue weighted by molar-refractivity contribution is 0.0429. The van der Waals surface area contributed by atoms with Crippen LogP contribution >= 0.6 is 0 Å². The van der Waals surface area contributed by atoms with Crippen LogP contribution in [0.3, 0.4) is 0 Å². The van der Waals surface area contributed by atoms with Crippen LogP contribution in [-0.4, -0.2) is 22.4 Å². The Hall–Kier alpha value is -3.35. The van der Waals surface area contributed by atoms with Gasteiger partial charge in [0, 0.05) is 11.1 Å². The van der Waals surface area contributed by atoms with Crippen molar-refractivity contribution in [3.8, 4) is 11.4 Å². The molecule has 0 aliphatic heterocycles. The lowest BCUT2D eigenvalue weighted by atomic mass is 10.1. The average molecular weight is 326 g/mol. The summed E-state index contributed by atoms with van der Waals surface area (Å²) in [6.45, 7) is -0.192. The van der Waals surface area contributed by atoms with E-state index in [2.05, 4.69) is 10.1 Å². The molecular formula is C17H11FN2O4. The Morgan fingerprint density at radius 3 is 2.50 bits per heavy atom. The molecule has 0 fully saturated rings. The standard InChI is InChI=1S/C17H11FN2O4/c18-14-7-5-12(6-8-14)16-19-15(24-20-16)10-23-17(22)13-3-1-11(9-21)2-4-13/h1-9H,10H2. The van der Waals surface area contributed by atoms with E-state index in [0.29, 0.717) is 23.0 Å². The number of aldehydes is 1. The Morgan fingerprint density at radius 2 is 1.83 bits per heavy atom. The molecule has 0 saturated heterocycles. The summed E-state index contributed by atoms with van der Waals surface area (Å²) in [5.41, 5.74) is 1.36. The van der Waals surface area contributed by atoms with Gasteiger partial charge in [-0.25, -0.2) is 9.18 Å². The number of ether oxygens (including phenoxy) is 1. The minimum Gasteiger partial charge on any atom is -0.452 e. The first-order valence-electron chi connectivity index (χ1n) is 6.96. The summed E-state index contributed by atoms with van der Waals surface area (Å²) in [6, 6.07) is 11.6. The zero-order valence-electron chi connectivity index (χ0n) is 12.3. The third kappa shape index (κ3) is 3.52. The molecule has 0 aliphatic rings. The molecule has 0 N–H and O–H groups in total. The van der Waals surface area contributed by atoms with E-state index in [1.807, 2.05) is 0 Å². The van der Waals surface area contributed by atoms with Gasteiger partial charge in [0.15, 0.2) is 6.61 Å². The van der Waals surface area contributed by atoms with Crippen LogP contribution < -0.4 is 0 Å². The molecule has 0 atom stereocenters. The fourth-order valence-corrected chi connectivity index (χ4v) is 1.94. The number of hydrogen-bond acceptors (Lipinski definition) is 6. The second-order valence-electron chi connectivity index (χ2n) is 4.83. The van der Waals surface area contributed by atoms with E-state index in [1.165, 1.54) is 48.5 Å². The van der Waals surface area contributed by atoms with Gasteiger partial charge in [0.1, 0.15) is 12.1 Å². The molecule has 1 aromatic heterocycles. The number of rotatable bonds is 5. The average Bonchev–Trinajstić information content (AvgIpc) is 3.09. The van der Waals surface area contributed by atoms with Gasteiger partial charge >= 0.3 is 5.97 Å². The Bertz CT molecular complexity index is 857. The molecule has 120 valence electrons. The molecule has 0 aliphatic carbocycles. The lowest BCUT2D eigenvalue weighted by Gasteiger charge is -2.01. The van der Waals surface area contributed by atoms with Crippen LogP contribution in [-0.2, 0) is 11.3 Å². The lowest BCUT2D eigenvalue weighted by Crippen LogP contribution is -2.05. The van der Waals surface area contributed by atoms with Crippen molar-refractivity contribution in [3.63, 3.8) is 0 Å². The molecule has 0 saturated carbocycles. The number of hydrogen-bond donors (Lipinski definition) is 0. The largest absolute Gasteiger partial charge is 0.452 e. The first-order chi connectivity index (χ1) is 11.7. The van der Waals surface area contributed by atoms with E-state index >= 15 is 0 Å². The number of esters is 1. The van der Waals surface area contributed by atoms with E-state index in [1.54, 1.807) is 0 Å². The molecule has 24 heavy (non-hydrogen) atoms. The summed E-state index contributed by atoms with van der Waals surface area (Å²) in [5.74, 6) is -0.547. The van der Waals surface area contributed by atoms with Gasteiger partial charge in [-0.05, 0) is 36.4 Å². The van der Waals surface area contributed by atoms with Crippen molar-refractivity contribution >= 4 is 12.3 Å². The number of halogens is 1. The Morgan fingerprint density at radius 1 is 1.12 bits per heavy atom. The molecule has 2 aromatic carbocycles. The first kappa shape index (κ1) is 15.5. The highest BCUT2D eigenvalue weighted by Gasteiger charge is 2.12. The van der Waals surface area contributed by atoms with Crippen LogP contribution in [0.25, 0.3) is 11.4 Å². The molecule has 0 amide bonds. The summed E-state index contributed by atoms with van der Waals surface area (Å²) in [6.07, 6.45) is 0.685. The molecule has 3 aromatic rings. The molecule has 1 heterocycles. The molecule has 7 heteroatoms. The van der Waals surface area contributed by atoms with Gasteiger partial charge in [-0.3, -0.25) is 4.79 Å². The van der Waals surface area contributed by atoms with Crippen molar-refractivity contribution in [3.05, 3.63) is 71.4 Å². The SMILES string of the molecule is O=Cc1ccc(C(=O)OCc2nc(-c3ccc(F)cc3)no2)cc1. The zero-order valence-corrected chi connectivity index (χ0v) is 12.3. The summed E-state index contributed by atoms with van der Waals surface area (Å²) >= 11 is 0. The second-order valence-corrected chi connectivity index (χ2v) is 4.83. The van der Waals surface area contributed by atoms with Gasteiger partial charge in [-0.1, -0.05) is 17.3 Å². The monoisotopic (exact) mass is 326 g/mol. The molecule has 0 spiro atoms. The Balaban J connectivity index is 1.63. The quantitative estimate of drug-likeness (QED) is 0.529. The molecule has 0 unspecified atom stereocenters. The van der Waals surface area contributed by atoms with Crippen LogP contribution in [0.1, 0.15) is 26.6 Å². The van der Waals surface area contributed by atoms with Crippen LogP contribution in [0.5, 0.6) is 0 Å². The summed E-state index contributed by atoms with van der Waals surface area (Å²) in [5, 5.41) is 3.75. The van der Waals surface area contributed by atoms with Crippen molar-refractivity contribution < 1.29 is 23.2 Å². The van der Waals surface area contributed by atoms with Gasteiger partial charge in [-0.2, -0.15) is 4.98 Å². The summed E-state index contributed by atoms with van der Waals surface area (Å²) in [4.78, 5) is 26.5. The fraction of sp³-hybridized carbons (Fsp3) is 0.0588. The maximum atomic E-state index is 12.9. The van der Waals surface area contributed by atoms with Gasteiger partial charge in [0.25, 0.3) is 5.89 Å². The van der Waals surface area contributed by atoms with E-state index in [4.69, 9.17) is 9.26 Å². The number of aromatic nitrogens is 2. The van der Waals surface area contributed by atoms with Crippen LogP contribution in [0, 0.1) is 5.82 Å². The second kappa shape index (κ2) is 6.82. The smallest absolute Gasteiger partial charge is 0.338 e. The van der Waals surface area contributed by atoms with E-state index < -0.39 is 5.97 Å². The number of carbonyl (C=O) groups is 2. The first-order valence-corrected chi connectivity index (χ1v) is 6.96. The maximum absolute atomic E-state index is 12.9. The number of carbonyl (C=O) groups excluding carboxylic acids is 2. The summed E-state index contributed by atoms with van der Waals surface area (Å²) < 4.78 is 23.0. The van der Waals surface area contributed by atoms with Crippen molar-refractivity contribution in [1.82, 2.24) is 10.1 Å². The molecule has 0 radical (unpaired) electrons. The highest BCUT2D eigenvalue weighted by atomic mass is 19.1. The third-order valence-corrected chi connectivity index (χ3v) is 3.18. The van der Waals surface area contributed by atoms with Crippen molar-refractivity contribution in [1.29, 1.82) is 0 Å². The van der Waals surface area contributed by atoms with E-state index in [0.717, 1.165) is 0 Å². The Labute approximate surface area is 135 Å². The predicted octanol–water partition coefficient (Wildman–Crippen LogP) is 3.05.